The van der Waals surface area contributed by atoms with Gasteiger partial charge in [0, 0.05) is 18.3 Å². The van der Waals surface area contributed by atoms with Crippen molar-refractivity contribution in [2.24, 2.45) is 11.3 Å². The first kappa shape index (κ1) is 12.9. The van der Waals surface area contributed by atoms with Gasteiger partial charge in [-0.15, -0.1) is 0 Å². The van der Waals surface area contributed by atoms with Crippen LogP contribution < -0.4 is 4.74 Å². The normalized spacial score (nSPS) is 23.7. The van der Waals surface area contributed by atoms with Crippen molar-refractivity contribution < 1.29 is 4.74 Å². The zero-order chi connectivity index (χ0) is 13.2. The molecule has 1 aliphatic rings. The van der Waals surface area contributed by atoms with Gasteiger partial charge in [-0.2, -0.15) is 5.26 Å². The number of hydrogen-bond acceptors (Lipinski definition) is 3. The summed E-state index contributed by atoms with van der Waals surface area (Å²) in [7, 11) is 0. The Balaban J connectivity index is 2.16. The Labute approximate surface area is 109 Å². The van der Waals surface area contributed by atoms with E-state index in [2.05, 4.69) is 31.8 Å². The highest BCUT2D eigenvalue weighted by atomic mass is 16.5. The summed E-state index contributed by atoms with van der Waals surface area (Å²) in [5.41, 5.74) is 0.776. The lowest BCUT2D eigenvalue weighted by Gasteiger charge is -2.32. The Kier molecular flexibility index (Phi) is 3.56. The predicted molar refractivity (Wildman–Crippen MR) is 70.2 cm³/mol. The largest absolute Gasteiger partial charge is 0.489 e. The SMILES string of the molecule is CC(C)(C)C1CCCC1Oc1ccncc1C#N. The highest BCUT2D eigenvalue weighted by Crippen LogP contribution is 2.41. The highest BCUT2D eigenvalue weighted by molar-refractivity contribution is 5.40. The number of pyridine rings is 1. The third-order valence-electron chi connectivity index (χ3n) is 3.74. The first-order chi connectivity index (χ1) is 8.52. The molecule has 0 saturated heterocycles. The molecule has 0 aliphatic heterocycles. The minimum atomic E-state index is 0.222. The summed E-state index contributed by atoms with van der Waals surface area (Å²) in [5, 5.41) is 9.05. The van der Waals surface area contributed by atoms with E-state index in [1.807, 2.05) is 0 Å². The van der Waals surface area contributed by atoms with Crippen LogP contribution in [0.3, 0.4) is 0 Å². The molecule has 96 valence electrons. The predicted octanol–water partition coefficient (Wildman–Crippen LogP) is 3.55. The van der Waals surface area contributed by atoms with Gasteiger partial charge in [-0.3, -0.25) is 4.98 Å². The molecule has 2 rings (SSSR count). The second kappa shape index (κ2) is 4.97. The van der Waals surface area contributed by atoms with Crippen LogP contribution in [0.15, 0.2) is 18.5 Å². The molecular formula is C15H20N2O. The maximum absolute atomic E-state index is 9.05. The van der Waals surface area contributed by atoms with Gasteiger partial charge in [0.2, 0.25) is 0 Å². The van der Waals surface area contributed by atoms with Crippen LogP contribution in [0, 0.1) is 22.7 Å². The van der Waals surface area contributed by atoms with Crippen LogP contribution in [-0.2, 0) is 0 Å². The molecule has 0 N–H and O–H groups in total. The summed E-state index contributed by atoms with van der Waals surface area (Å²) < 4.78 is 6.07. The van der Waals surface area contributed by atoms with Gasteiger partial charge in [-0.05, 0) is 30.7 Å². The number of aromatic nitrogens is 1. The molecule has 0 spiro atoms. The molecule has 1 saturated carbocycles. The summed E-state index contributed by atoms with van der Waals surface area (Å²) in [6.45, 7) is 6.78. The van der Waals surface area contributed by atoms with E-state index in [0.29, 0.717) is 17.2 Å². The average molecular weight is 244 g/mol. The Morgan fingerprint density at radius 1 is 1.39 bits per heavy atom. The highest BCUT2D eigenvalue weighted by Gasteiger charge is 2.37. The molecule has 0 bridgehead atoms. The molecule has 1 heterocycles. The second-order valence-corrected chi connectivity index (χ2v) is 6.04. The third-order valence-corrected chi connectivity index (χ3v) is 3.74. The number of nitriles is 1. The first-order valence-electron chi connectivity index (χ1n) is 6.53. The van der Waals surface area contributed by atoms with E-state index in [4.69, 9.17) is 10.00 Å². The van der Waals surface area contributed by atoms with Crippen LogP contribution in [0.1, 0.15) is 45.6 Å². The van der Waals surface area contributed by atoms with Crippen molar-refractivity contribution in [3.63, 3.8) is 0 Å². The van der Waals surface area contributed by atoms with E-state index in [1.165, 1.54) is 12.8 Å². The lowest BCUT2D eigenvalue weighted by atomic mass is 9.78. The first-order valence-corrected chi connectivity index (χ1v) is 6.53. The van der Waals surface area contributed by atoms with E-state index >= 15 is 0 Å². The molecule has 0 radical (unpaired) electrons. The quantitative estimate of drug-likeness (QED) is 0.799. The summed E-state index contributed by atoms with van der Waals surface area (Å²) in [6.07, 6.45) is 6.96. The van der Waals surface area contributed by atoms with Gasteiger partial charge < -0.3 is 4.74 Å². The summed E-state index contributed by atoms with van der Waals surface area (Å²) in [6, 6.07) is 3.92. The van der Waals surface area contributed by atoms with Crippen LogP contribution in [0.4, 0.5) is 0 Å². The van der Waals surface area contributed by atoms with E-state index in [1.54, 1.807) is 18.5 Å². The van der Waals surface area contributed by atoms with E-state index in [0.717, 1.165) is 6.42 Å². The molecule has 1 aromatic heterocycles. The Bertz CT molecular complexity index is 456. The van der Waals surface area contributed by atoms with Crippen LogP contribution in [0.5, 0.6) is 5.75 Å². The van der Waals surface area contributed by atoms with E-state index in [9.17, 15) is 0 Å². The maximum Gasteiger partial charge on any atom is 0.140 e. The van der Waals surface area contributed by atoms with Gasteiger partial charge in [-0.1, -0.05) is 20.8 Å². The monoisotopic (exact) mass is 244 g/mol. The van der Waals surface area contributed by atoms with Crippen LogP contribution in [-0.4, -0.2) is 11.1 Å². The zero-order valence-electron chi connectivity index (χ0n) is 11.3. The van der Waals surface area contributed by atoms with Crippen molar-refractivity contribution in [2.45, 2.75) is 46.1 Å². The number of rotatable bonds is 2. The fourth-order valence-corrected chi connectivity index (χ4v) is 2.79. The zero-order valence-corrected chi connectivity index (χ0v) is 11.3. The summed E-state index contributed by atoms with van der Waals surface area (Å²) in [4.78, 5) is 3.96. The van der Waals surface area contributed by atoms with E-state index in [-0.39, 0.29) is 11.5 Å². The minimum absolute atomic E-state index is 0.222. The van der Waals surface area contributed by atoms with Gasteiger partial charge in [0.05, 0.1) is 0 Å². The van der Waals surface area contributed by atoms with Crippen molar-refractivity contribution in [1.29, 1.82) is 5.26 Å². The van der Waals surface area contributed by atoms with E-state index < -0.39 is 0 Å². The molecule has 1 fully saturated rings. The molecule has 18 heavy (non-hydrogen) atoms. The molecule has 3 heteroatoms. The van der Waals surface area contributed by atoms with Crippen LogP contribution >= 0.6 is 0 Å². The second-order valence-electron chi connectivity index (χ2n) is 6.04. The van der Waals surface area contributed by atoms with Gasteiger partial charge in [0.15, 0.2) is 0 Å². The summed E-state index contributed by atoms with van der Waals surface area (Å²) >= 11 is 0. The van der Waals surface area contributed by atoms with Gasteiger partial charge in [-0.25, -0.2) is 0 Å². The minimum Gasteiger partial charge on any atom is -0.489 e. The molecule has 0 aromatic carbocycles. The Morgan fingerprint density at radius 2 is 2.17 bits per heavy atom. The van der Waals surface area contributed by atoms with Crippen molar-refractivity contribution in [3.05, 3.63) is 24.0 Å². The lowest BCUT2D eigenvalue weighted by molar-refractivity contribution is 0.0874. The molecule has 1 aliphatic carbocycles. The topological polar surface area (TPSA) is 45.9 Å². The number of ether oxygens (including phenoxy) is 1. The molecule has 1 aromatic rings. The van der Waals surface area contributed by atoms with Gasteiger partial charge in [0.1, 0.15) is 23.5 Å². The lowest BCUT2D eigenvalue weighted by Crippen LogP contribution is -2.31. The molecule has 2 atom stereocenters. The average Bonchev–Trinajstić information content (AvgIpc) is 2.78. The maximum atomic E-state index is 9.05. The number of nitrogens with zero attached hydrogens (tertiary/aromatic N) is 2. The standard InChI is InChI=1S/C15H20N2O/c1-15(2,3)12-5-4-6-14(12)18-13-7-8-17-10-11(13)9-16/h7-8,10,12,14H,4-6H2,1-3H3. The van der Waals surface area contributed by atoms with Gasteiger partial charge >= 0.3 is 0 Å². The molecule has 3 nitrogen and oxygen atoms in total. The Hall–Kier alpha value is -1.56. The fraction of sp³-hybridized carbons (Fsp3) is 0.600. The number of hydrogen-bond donors (Lipinski definition) is 0. The van der Waals surface area contributed by atoms with Crippen molar-refractivity contribution >= 4 is 0 Å². The van der Waals surface area contributed by atoms with Crippen molar-refractivity contribution in [1.82, 2.24) is 4.98 Å². The Morgan fingerprint density at radius 3 is 2.83 bits per heavy atom. The van der Waals surface area contributed by atoms with Gasteiger partial charge in [0.25, 0.3) is 0 Å². The smallest absolute Gasteiger partial charge is 0.140 e. The van der Waals surface area contributed by atoms with Crippen LogP contribution in [0.25, 0.3) is 0 Å². The summed E-state index contributed by atoms with van der Waals surface area (Å²) in [5.74, 6) is 1.23. The molecule has 2 unspecified atom stereocenters. The van der Waals surface area contributed by atoms with Crippen molar-refractivity contribution in [3.8, 4) is 11.8 Å². The fourth-order valence-electron chi connectivity index (χ4n) is 2.79. The third kappa shape index (κ3) is 2.64. The van der Waals surface area contributed by atoms with Crippen LogP contribution in [0.2, 0.25) is 0 Å². The molecular weight excluding hydrogens is 224 g/mol. The molecule has 0 amide bonds. The van der Waals surface area contributed by atoms with Crippen molar-refractivity contribution in [2.75, 3.05) is 0 Å².